The van der Waals surface area contributed by atoms with Gasteiger partial charge in [0.25, 0.3) is 0 Å². The monoisotopic (exact) mass is 323 g/mol. The third-order valence-electron chi connectivity index (χ3n) is 3.38. The molecule has 0 unspecified atom stereocenters. The smallest absolute Gasteiger partial charge is 0.246 e. The van der Waals surface area contributed by atoms with Gasteiger partial charge in [-0.05, 0) is 13.8 Å². The van der Waals surface area contributed by atoms with Crippen molar-refractivity contribution in [2.24, 2.45) is 0 Å². The summed E-state index contributed by atoms with van der Waals surface area (Å²) in [5.74, 6) is 0. The van der Waals surface area contributed by atoms with Crippen molar-refractivity contribution in [3.05, 3.63) is 36.5 Å². The van der Waals surface area contributed by atoms with E-state index in [1.807, 2.05) is 44.2 Å². The number of aromatic nitrogens is 2. The summed E-state index contributed by atoms with van der Waals surface area (Å²) in [7, 11) is -2.25. The molecule has 2 aromatic rings. The molecule has 0 atom stereocenters. The van der Waals surface area contributed by atoms with Gasteiger partial charge in [-0.3, -0.25) is 4.68 Å². The Hall–Kier alpha value is -1.70. The van der Waals surface area contributed by atoms with E-state index in [-0.39, 0.29) is 24.1 Å². The van der Waals surface area contributed by atoms with Gasteiger partial charge in [0, 0.05) is 31.4 Å². The van der Waals surface area contributed by atoms with Crippen LogP contribution in [0, 0.1) is 0 Å². The molecular formula is C15H21N3O3S. The molecule has 0 spiro atoms. The van der Waals surface area contributed by atoms with Crippen molar-refractivity contribution in [2.75, 3.05) is 20.2 Å². The predicted octanol–water partition coefficient (Wildman–Crippen LogP) is 1.74. The van der Waals surface area contributed by atoms with Crippen molar-refractivity contribution in [3.63, 3.8) is 0 Å². The topological polar surface area (TPSA) is 75.4 Å². The second kappa shape index (κ2) is 6.60. The van der Waals surface area contributed by atoms with Crippen molar-refractivity contribution in [2.45, 2.75) is 24.8 Å². The van der Waals surface area contributed by atoms with E-state index in [9.17, 15) is 8.42 Å². The van der Waals surface area contributed by atoms with E-state index in [4.69, 9.17) is 5.11 Å². The average molecular weight is 323 g/mol. The van der Waals surface area contributed by atoms with E-state index in [0.29, 0.717) is 5.69 Å². The standard InChI is InChI=1S/C15H21N3O3S/c1-12(2)18-11-14(22(20,21)17(3)9-10-19)15(16-18)13-7-5-4-6-8-13/h4-8,11-12,19H,9-10H2,1-3H3. The maximum absolute atomic E-state index is 12.7. The molecule has 1 aromatic heterocycles. The SMILES string of the molecule is CC(C)n1cc(S(=O)(=O)N(C)CCO)c(-c2ccccc2)n1. The summed E-state index contributed by atoms with van der Waals surface area (Å²) in [6, 6.07) is 9.27. The molecule has 0 aliphatic rings. The zero-order valence-electron chi connectivity index (χ0n) is 13.0. The van der Waals surface area contributed by atoms with E-state index in [0.717, 1.165) is 9.87 Å². The number of hydrogen-bond donors (Lipinski definition) is 1. The molecule has 0 saturated carbocycles. The van der Waals surface area contributed by atoms with Crippen molar-refractivity contribution in [3.8, 4) is 11.3 Å². The Balaban J connectivity index is 2.60. The number of sulfonamides is 1. The molecule has 1 N–H and O–H groups in total. The lowest BCUT2D eigenvalue weighted by Crippen LogP contribution is -2.29. The molecule has 0 aliphatic carbocycles. The highest BCUT2D eigenvalue weighted by Gasteiger charge is 2.27. The van der Waals surface area contributed by atoms with Gasteiger partial charge in [-0.2, -0.15) is 9.40 Å². The van der Waals surface area contributed by atoms with Crippen LogP contribution in [0.4, 0.5) is 0 Å². The molecule has 0 bridgehead atoms. The van der Waals surface area contributed by atoms with Crippen molar-refractivity contribution in [1.82, 2.24) is 14.1 Å². The zero-order valence-corrected chi connectivity index (χ0v) is 13.8. The fourth-order valence-corrected chi connectivity index (χ4v) is 3.36. The Morgan fingerprint density at radius 3 is 2.45 bits per heavy atom. The van der Waals surface area contributed by atoms with E-state index in [1.54, 1.807) is 10.9 Å². The third kappa shape index (κ3) is 3.21. The first-order chi connectivity index (χ1) is 10.4. The highest BCUT2D eigenvalue weighted by molar-refractivity contribution is 7.89. The molecule has 6 nitrogen and oxygen atoms in total. The molecular weight excluding hydrogens is 302 g/mol. The van der Waals surface area contributed by atoms with Crippen LogP contribution < -0.4 is 0 Å². The summed E-state index contributed by atoms with van der Waals surface area (Å²) in [5.41, 5.74) is 1.18. The largest absolute Gasteiger partial charge is 0.395 e. The van der Waals surface area contributed by atoms with E-state index >= 15 is 0 Å². The maximum atomic E-state index is 12.7. The van der Waals surface area contributed by atoms with Crippen LogP contribution in [0.5, 0.6) is 0 Å². The molecule has 0 saturated heterocycles. The average Bonchev–Trinajstić information content (AvgIpc) is 2.94. The summed E-state index contributed by atoms with van der Waals surface area (Å²) in [6.45, 7) is 3.70. The Labute approximate surface area is 131 Å². The quantitative estimate of drug-likeness (QED) is 0.878. The van der Waals surface area contributed by atoms with Gasteiger partial charge in [-0.25, -0.2) is 8.42 Å². The van der Waals surface area contributed by atoms with Crippen molar-refractivity contribution < 1.29 is 13.5 Å². The summed E-state index contributed by atoms with van der Waals surface area (Å²) >= 11 is 0. The lowest BCUT2D eigenvalue weighted by atomic mass is 10.2. The first-order valence-corrected chi connectivity index (χ1v) is 8.53. The second-order valence-electron chi connectivity index (χ2n) is 5.33. The Kier molecular flexibility index (Phi) is 5.00. The molecule has 7 heteroatoms. The van der Waals surface area contributed by atoms with Crippen LogP contribution in [0.25, 0.3) is 11.3 Å². The lowest BCUT2D eigenvalue weighted by molar-refractivity contribution is 0.266. The maximum Gasteiger partial charge on any atom is 0.246 e. The number of rotatable bonds is 6. The summed E-state index contributed by atoms with van der Waals surface area (Å²) in [4.78, 5) is 0.156. The molecule has 22 heavy (non-hydrogen) atoms. The summed E-state index contributed by atoms with van der Waals surface area (Å²) in [6.07, 6.45) is 1.55. The fraction of sp³-hybridized carbons (Fsp3) is 0.400. The highest BCUT2D eigenvalue weighted by Crippen LogP contribution is 2.28. The molecule has 0 radical (unpaired) electrons. The van der Waals surface area contributed by atoms with Gasteiger partial charge in [-0.15, -0.1) is 0 Å². The number of aliphatic hydroxyl groups is 1. The number of aliphatic hydroxyl groups excluding tert-OH is 1. The fourth-order valence-electron chi connectivity index (χ4n) is 2.05. The van der Waals surface area contributed by atoms with Crippen LogP contribution in [0.15, 0.2) is 41.4 Å². The normalized spacial score (nSPS) is 12.3. The van der Waals surface area contributed by atoms with E-state index in [2.05, 4.69) is 5.10 Å². The minimum Gasteiger partial charge on any atom is -0.395 e. The molecule has 2 rings (SSSR count). The first-order valence-electron chi connectivity index (χ1n) is 7.09. The van der Waals surface area contributed by atoms with E-state index in [1.165, 1.54) is 7.05 Å². The lowest BCUT2D eigenvalue weighted by Gasteiger charge is -2.15. The number of benzene rings is 1. The summed E-state index contributed by atoms with van der Waals surface area (Å²) in [5, 5.41) is 13.4. The van der Waals surface area contributed by atoms with Gasteiger partial charge in [0.05, 0.1) is 6.61 Å². The molecule has 1 aromatic carbocycles. The Morgan fingerprint density at radius 1 is 1.27 bits per heavy atom. The molecule has 0 fully saturated rings. The van der Waals surface area contributed by atoms with E-state index < -0.39 is 10.0 Å². The van der Waals surface area contributed by atoms with Crippen LogP contribution >= 0.6 is 0 Å². The minimum atomic E-state index is -3.70. The van der Waals surface area contributed by atoms with Gasteiger partial charge in [0.2, 0.25) is 10.0 Å². The van der Waals surface area contributed by atoms with Gasteiger partial charge < -0.3 is 5.11 Å². The Morgan fingerprint density at radius 2 is 1.91 bits per heavy atom. The minimum absolute atomic E-state index is 0.0451. The highest BCUT2D eigenvalue weighted by atomic mass is 32.2. The molecule has 0 aliphatic heterocycles. The van der Waals surface area contributed by atoms with Crippen LogP contribution in [0.2, 0.25) is 0 Å². The first kappa shape index (κ1) is 16.7. The van der Waals surface area contributed by atoms with Crippen LogP contribution in [-0.2, 0) is 10.0 Å². The number of hydrogen-bond acceptors (Lipinski definition) is 4. The van der Waals surface area contributed by atoms with Crippen LogP contribution in [0.1, 0.15) is 19.9 Å². The second-order valence-corrected chi connectivity index (χ2v) is 7.35. The van der Waals surface area contributed by atoms with Gasteiger partial charge >= 0.3 is 0 Å². The number of nitrogens with zero attached hydrogens (tertiary/aromatic N) is 3. The molecule has 120 valence electrons. The van der Waals surface area contributed by atoms with Crippen molar-refractivity contribution >= 4 is 10.0 Å². The predicted molar refractivity (Wildman–Crippen MR) is 84.9 cm³/mol. The number of likely N-dealkylation sites (N-methyl/N-ethyl adjacent to an activating group) is 1. The van der Waals surface area contributed by atoms with Crippen LogP contribution in [-0.4, -0.2) is 47.8 Å². The van der Waals surface area contributed by atoms with Gasteiger partial charge in [-0.1, -0.05) is 30.3 Å². The Bertz CT molecular complexity index is 724. The third-order valence-corrected chi connectivity index (χ3v) is 5.24. The summed E-state index contributed by atoms with van der Waals surface area (Å²) < 4.78 is 28.2. The van der Waals surface area contributed by atoms with Crippen molar-refractivity contribution in [1.29, 1.82) is 0 Å². The molecule has 0 amide bonds. The molecule has 1 heterocycles. The van der Waals surface area contributed by atoms with Crippen LogP contribution in [0.3, 0.4) is 0 Å². The van der Waals surface area contributed by atoms with Gasteiger partial charge in [0.15, 0.2) is 0 Å². The zero-order chi connectivity index (χ0) is 16.3. The van der Waals surface area contributed by atoms with Gasteiger partial charge in [0.1, 0.15) is 10.6 Å².